The molecule has 0 fully saturated rings. The number of nitrogens with two attached hydrogens (primary N) is 1. The predicted octanol–water partition coefficient (Wildman–Crippen LogP) is 1.99. The van der Waals surface area contributed by atoms with Crippen LogP contribution in [0.25, 0.3) is 0 Å². The van der Waals surface area contributed by atoms with Crippen molar-refractivity contribution < 1.29 is 0 Å². The van der Waals surface area contributed by atoms with E-state index in [1.54, 1.807) is 0 Å². The van der Waals surface area contributed by atoms with Gasteiger partial charge in [0.05, 0.1) is 0 Å². The summed E-state index contributed by atoms with van der Waals surface area (Å²) in [5, 5.41) is 0. The van der Waals surface area contributed by atoms with Crippen molar-refractivity contribution in [1.29, 1.82) is 0 Å². The molecule has 0 aromatic carbocycles. The number of aromatic nitrogens is 2. The van der Waals surface area contributed by atoms with Crippen molar-refractivity contribution >= 4 is 11.8 Å². The molecule has 0 aliphatic heterocycles. The lowest BCUT2D eigenvalue weighted by Gasteiger charge is -2.28. The summed E-state index contributed by atoms with van der Waals surface area (Å²) < 4.78 is 0. The number of hydrogen-bond acceptors (Lipinski definition) is 4. The molecule has 1 aromatic heterocycles. The Morgan fingerprint density at radius 2 is 2.07 bits per heavy atom. The number of rotatable bonds is 4. The van der Waals surface area contributed by atoms with E-state index >= 15 is 0 Å². The smallest absolute Gasteiger partial charge is 0.222 e. The first-order chi connectivity index (χ1) is 7.08. The van der Waals surface area contributed by atoms with E-state index in [2.05, 4.69) is 35.6 Å². The van der Waals surface area contributed by atoms with E-state index in [1.807, 2.05) is 13.0 Å². The first-order valence-electron chi connectivity index (χ1n) is 5.46. The highest BCUT2D eigenvalue weighted by Crippen LogP contribution is 2.17. The van der Waals surface area contributed by atoms with Crippen molar-refractivity contribution in [2.75, 3.05) is 17.2 Å². The van der Waals surface area contributed by atoms with E-state index in [-0.39, 0.29) is 0 Å². The highest BCUT2D eigenvalue weighted by Gasteiger charge is 2.13. The minimum atomic E-state index is 0.353. The second-order valence-corrected chi connectivity index (χ2v) is 3.77. The van der Waals surface area contributed by atoms with E-state index < -0.39 is 0 Å². The van der Waals surface area contributed by atoms with Gasteiger partial charge in [0.2, 0.25) is 5.95 Å². The molecule has 1 heterocycles. The van der Waals surface area contributed by atoms with Crippen LogP contribution in [-0.2, 0) is 0 Å². The molecule has 4 heteroatoms. The lowest BCUT2D eigenvalue weighted by molar-refractivity contribution is 0.622. The molecule has 4 nitrogen and oxygen atoms in total. The molecule has 0 saturated carbocycles. The van der Waals surface area contributed by atoms with E-state index in [0.29, 0.717) is 12.0 Å². The second kappa shape index (κ2) is 4.96. The maximum absolute atomic E-state index is 5.64. The predicted molar refractivity (Wildman–Crippen MR) is 64.0 cm³/mol. The van der Waals surface area contributed by atoms with Crippen LogP contribution in [0.4, 0.5) is 11.8 Å². The Bertz CT molecular complexity index is 304. The number of hydrogen-bond donors (Lipinski definition) is 1. The molecular formula is C11H20N4. The number of anilines is 2. The summed E-state index contributed by atoms with van der Waals surface area (Å²) in [4.78, 5) is 10.6. The molecule has 1 rings (SSSR count). The normalized spacial score (nSPS) is 12.5. The van der Waals surface area contributed by atoms with E-state index in [1.165, 1.54) is 0 Å². The van der Waals surface area contributed by atoms with Crippen LogP contribution in [-0.4, -0.2) is 22.6 Å². The van der Waals surface area contributed by atoms with E-state index in [9.17, 15) is 0 Å². The molecule has 0 bridgehead atoms. The molecule has 0 spiro atoms. The maximum Gasteiger partial charge on any atom is 0.222 e. The molecule has 1 aromatic rings. The Balaban J connectivity index is 3.01. The summed E-state index contributed by atoms with van der Waals surface area (Å²) >= 11 is 0. The quantitative estimate of drug-likeness (QED) is 0.822. The van der Waals surface area contributed by atoms with Gasteiger partial charge in [-0.1, -0.05) is 6.92 Å². The summed E-state index contributed by atoms with van der Waals surface area (Å²) in [6, 6.07) is 2.45. The van der Waals surface area contributed by atoms with Crippen molar-refractivity contribution in [3.63, 3.8) is 0 Å². The fourth-order valence-corrected chi connectivity index (χ4v) is 1.64. The molecule has 0 amide bonds. The van der Waals surface area contributed by atoms with Crippen LogP contribution in [0, 0.1) is 6.92 Å². The van der Waals surface area contributed by atoms with Crippen molar-refractivity contribution in [1.82, 2.24) is 9.97 Å². The highest BCUT2D eigenvalue weighted by molar-refractivity contribution is 5.43. The number of nitrogen functional groups attached to an aromatic ring is 1. The Morgan fingerprint density at radius 3 is 2.53 bits per heavy atom. The molecular weight excluding hydrogens is 188 g/mol. The average molecular weight is 208 g/mol. The van der Waals surface area contributed by atoms with Gasteiger partial charge in [-0.25, -0.2) is 4.98 Å². The maximum atomic E-state index is 5.64. The molecule has 0 aliphatic rings. The first-order valence-corrected chi connectivity index (χ1v) is 5.46. The summed E-state index contributed by atoms with van der Waals surface area (Å²) in [6.45, 7) is 9.36. The number of aryl methyl sites for hydroxylation is 1. The zero-order chi connectivity index (χ0) is 11.4. The lowest BCUT2D eigenvalue weighted by atomic mass is 10.2. The third-order valence-electron chi connectivity index (χ3n) is 2.62. The topological polar surface area (TPSA) is 55.0 Å². The zero-order valence-corrected chi connectivity index (χ0v) is 9.99. The van der Waals surface area contributed by atoms with Crippen molar-refractivity contribution in [3.05, 3.63) is 11.8 Å². The standard InChI is InChI=1S/C11H20N4/c1-5-9(4)15(6-2)10-7-8(3)13-11(12)14-10/h7,9H,5-6H2,1-4H3,(H2,12,13,14). The Labute approximate surface area is 91.5 Å². The van der Waals surface area contributed by atoms with Crippen LogP contribution < -0.4 is 10.6 Å². The van der Waals surface area contributed by atoms with E-state index in [4.69, 9.17) is 5.73 Å². The number of nitrogens with zero attached hydrogens (tertiary/aromatic N) is 3. The van der Waals surface area contributed by atoms with Gasteiger partial charge in [0, 0.05) is 24.3 Å². The first kappa shape index (κ1) is 11.8. The fraction of sp³-hybridized carbons (Fsp3) is 0.636. The summed E-state index contributed by atoms with van der Waals surface area (Å²) in [6.07, 6.45) is 1.09. The molecule has 1 unspecified atom stereocenters. The molecule has 84 valence electrons. The van der Waals surface area contributed by atoms with Gasteiger partial charge in [0.1, 0.15) is 5.82 Å². The van der Waals surface area contributed by atoms with Gasteiger partial charge in [-0.05, 0) is 27.2 Å². The molecule has 0 radical (unpaired) electrons. The van der Waals surface area contributed by atoms with Gasteiger partial charge >= 0.3 is 0 Å². The third-order valence-corrected chi connectivity index (χ3v) is 2.62. The van der Waals surface area contributed by atoms with Crippen LogP contribution in [0.15, 0.2) is 6.07 Å². The van der Waals surface area contributed by atoms with Gasteiger partial charge < -0.3 is 10.6 Å². The van der Waals surface area contributed by atoms with Gasteiger partial charge in [-0.15, -0.1) is 0 Å². The molecule has 0 saturated heterocycles. The van der Waals surface area contributed by atoms with Crippen LogP contribution in [0.3, 0.4) is 0 Å². The largest absolute Gasteiger partial charge is 0.368 e. The zero-order valence-electron chi connectivity index (χ0n) is 9.99. The Kier molecular flexibility index (Phi) is 3.88. The Morgan fingerprint density at radius 1 is 1.40 bits per heavy atom. The molecule has 2 N–H and O–H groups in total. The summed E-state index contributed by atoms with van der Waals surface area (Å²) in [5.41, 5.74) is 6.56. The van der Waals surface area contributed by atoms with Crippen molar-refractivity contribution in [3.8, 4) is 0 Å². The van der Waals surface area contributed by atoms with Crippen LogP contribution in [0.5, 0.6) is 0 Å². The SMILES string of the molecule is CCC(C)N(CC)c1cc(C)nc(N)n1. The molecule has 1 atom stereocenters. The van der Waals surface area contributed by atoms with E-state index in [0.717, 1.165) is 24.5 Å². The molecule has 15 heavy (non-hydrogen) atoms. The highest BCUT2D eigenvalue weighted by atomic mass is 15.2. The van der Waals surface area contributed by atoms with Crippen LogP contribution in [0.1, 0.15) is 32.9 Å². The van der Waals surface area contributed by atoms with Gasteiger partial charge in [0.25, 0.3) is 0 Å². The Hall–Kier alpha value is -1.32. The minimum Gasteiger partial charge on any atom is -0.368 e. The van der Waals surface area contributed by atoms with Crippen molar-refractivity contribution in [2.24, 2.45) is 0 Å². The van der Waals surface area contributed by atoms with Crippen LogP contribution in [0.2, 0.25) is 0 Å². The molecule has 0 aliphatic carbocycles. The lowest BCUT2D eigenvalue weighted by Crippen LogP contribution is -2.33. The second-order valence-electron chi connectivity index (χ2n) is 3.77. The average Bonchev–Trinajstić information content (AvgIpc) is 2.17. The van der Waals surface area contributed by atoms with Crippen LogP contribution >= 0.6 is 0 Å². The minimum absolute atomic E-state index is 0.353. The van der Waals surface area contributed by atoms with Gasteiger partial charge in [-0.3, -0.25) is 0 Å². The monoisotopic (exact) mass is 208 g/mol. The summed E-state index contributed by atoms with van der Waals surface area (Å²) in [7, 11) is 0. The van der Waals surface area contributed by atoms with Gasteiger partial charge in [0.15, 0.2) is 0 Å². The third kappa shape index (κ3) is 2.81. The van der Waals surface area contributed by atoms with Crippen molar-refractivity contribution in [2.45, 2.75) is 40.2 Å². The summed E-state index contributed by atoms with van der Waals surface area (Å²) in [5.74, 6) is 1.28. The fourth-order valence-electron chi connectivity index (χ4n) is 1.64. The van der Waals surface area contributed by atoms with Gasteiger partial charge in [-0.2, -0.15) is 4.98 Å².